The minimum atomic E-state index is 0.837. The lowest BCUT2D eigenvalue weighted by atomic mass is 9.99. The molecule has 0 fully saturated rings. The molecule has 4 nitrogen and oxygen atoms in total. The van der Waals surface area contributed by atoms with Gasteiger partial charge in [-0.25, -0.2) is 9.97 Å². The second-order valence-corrected chi connectivity index (χ2v) is 13.1. The van der Waals surface area contributed by atoms with Crippen molar-refractivity contribution in [2.24, 2.45) is 0 Å². The minimum absolute atomic E-state index is 0.837. The Morgan fingerprint density at radius 2 is 0.788 bits per heavy atom. The molecule has 3 heterocycles. The van der Waals surface area contributed by atoms with E-state index in [-0.39, 0.29) is 0 Å². The zero-order chi connectivity index (χ0) is 34.4. The highest BCUT2D eigenvalue weighted by Gasteiger charge is 2.17. The summed E-state index contributed by atoms with van der Waals surface area (Å²) in [6.45, 7) is 0. The number of benzene rings is 7. The van der Waals surface area contributed by atoms with Gasteiger partial charge < -0.3 is 4.57 Å². The van der Waals surface area contributed by atoms with Crippen molar-refractivity contribution in [3.63, 3.8) is 0 Å². The Morgan fingerprint density at radius 3 is 1.37 bits per heavy atom. The van der Waals surface area contributed by atoms with Crippen molar-refractivity contribution in [2.45, 2.75) is 0 Å². The van der Waals surface area contributed by atoms with Crippen molar-refractivity contribution in [1.29, 1.82) is 0 Å². The molecule has 0 aliphatic carbocycles. The Hall–Kier alpha value is -7.04. The monoisotopic (exact) mass is 664 g/mol. The topological polar surface area (TPSA) is 35.6 Å². The normalized spacial score (nSPS) is 11.5. The average molecular weight is 665 g/mol. The summed E-state index contributed by atoms with van der Waals surface area (Å²) in [5, 5.41) is 2.55. The highest BCUT2D eigenvalue weighted by atomic mass is 15.1. The summed E-state index contributed by atoms with van der Waals surface area (Å²) < 4.78 is 4.51. The van der Waals surface area contributed by atoms with E-state index in [9.17, 15) is 0 Å². The van der Waals surface area contributed by atoms with E-state index in [1.54, 1.807) is 0 Å². The van der Waals surface area contributed by atoms with Crippen molar-refractivity contribution in [1.82, 2.24) is 19.1 Å². The number of hydrogen-bond donors (Lipinski definition) is 0. The molecule has 0 amide bonds. The summed E-state index contributed by atoms with van der Waals surface area (Å²) in [5.41, 5.74) is 14.2. The van der Waals surface area contributed by atoms with Crippen molar-refractivity contribution < 1.29 is 0 Å². The first-order chi connectivity index (χ1) is 25.8. The average Bonchev–Trinajstić information content (AvgIpc) is 3.78. The molecule has 0 radical (unpaired) electrons. The number of hydrogen-bond acceptors (Lipinski definition) is 2. The number of rotatable bonds is 6. The van der Waals surface area contributed by atoms with Crippen LogP contribution in [0.4, 0.5) is 0 Å². The van der Waals surface area contributed by atoms with Gasteiger partial charge in [-0.05, 0) is 70.3 Å². The Morgan fingerprint density at radius 1 is 0.346 bits per heavy atom. The van der Waals surface area contributed by atoms with E-state index >= 15 is 0 Å². The Balaban J connectivity index is 0.949. The number of pyridine rings is 1. The van der Waals surface area contributed by atoms with Gasteiger partial charge in [0, 0.05) is 39.5 Å². The van der Waals surface area contributed by atoms with Crippen molar-refractivity contribution in [2.75, 3.05) is 0 Å². The Labute approximate surface area is 301 Å². The van der Waals surface area contributed by atoms with Gasteiger partial charge in [0.05, 0.1) is 11.0 Å². The van der Waals surface area contributed by atoms with Gasteiger partial charge in [-0.2, -0.15) is 0 Å². The van der Waals surface area contributed by atoms with Gasteiger partial charge in [-0.3, -0.25) is 4.57 Å². The lowest BCUT2D eigenvalue weighted by Crippen LogP contribution is -1.98. The van der Waals surface area contributed by atoms with Crippen LogP contribution in [-0.4, -0.2) is 19.1 Å². The first-order valence-corrected chi connectivity index (χ1v) is 17.6. The maximum absolute atomic E-state index is 5.14. The second kappa shape index (κ2) is 12.4. The number of nitrogens with zero attached hydrogens (tertiary/aromatic N) is 4. The summed E-state index contributed by atoms with van der Waals surface area (Å²) in [5.74, 6) is 0.866. The molecule has 0 bridgehead atoms. The van der Waals surface area contributed by atoms with Gasteiger partial charge in [-0.1, -0.05) is 146 Å². The van der Waals surface area contributed by atoms with E-state index in [1.807, 2.05) is 30.5 Å². The van der Waals surface area contributed by atoms with Gasteiger partial charge in [0.25, 0.3) is 0 Å². The standard InChI is InChI=1S/C48H32N4/c1-3-11-33(12-4-1)39-31-44-48(49-32-39)52(40-13-5-2-6-14-40)47(50-44)38-25-23-36(24-26-38)34-19-21-35(22-20-34)37-27-29-41(30-28-37)51-45-17-9-7-15-42(45)43-16-8-10-18-46(43)51/h1-32H. The molecule has 0 saturated carbocycles. The zero-order valence-corrected chi connectivity index (χ0v) is 28.3. The molecule has 0 unspecified atom stereocenters. The number of aromatic nitrogens is 4. The summed E-state index contributed by atoms with van der Waals surface area (Å²) in [7, 11) is 0. The first kappa shape index (κ1) is 29.8. The van der Waals surface area contributed by atoms with Gasteiger partial charge in [-0.15, -0.1) is 0 Å². The van der Waals surface area contributed by atoms with Crippen LogP contribution in [0.25, 0.3) is 89.1 Å². The van der Waals surface area contributed by atoms with Gasteiger partial charge in [0.1, 0.15) is 11.3 Å². The van der Waals surface area contributed by atoms with E-state index in [2.05, 4.69) is 173 Å². The molecule has 0 atom stereocenters. The van der Waals surface area contributed by atoms with Crippen LogP contribution in [0.15, 0.2) is 194 Å². The molecule has 10 rings (SSSR count). The molecule has 0 N–H and O–H groups in total. The third-order valence-electron chi connectivity index (χ3n) is 10.0. The lowest BCUT2D eigenvalue weighted by molar-refractivity contribution is 1.08. The smallest absolute Gasteiger partial charge is 0.164 e. The van der Waals surface area contributed by atoms with Crippen LogP contribution in [0.2, 0.25) is 0 Å². The molecule has 10 aromatic rings. The fraction of sp³-hybridized carbons (Fsp3) is 0. The van der Waals surface area contributed by atoms with Crippen LogP contribution in [-0.2, 0) is 0 Å². The molecule has 0 spiro atoms. The fourth-order valence-electron chi connectivity index (χ4n) is 7.44. The quantitative estimate of drug-likeness (QED) is 0.177. The van der Waals surface area contributed by atoms with E-state index in [1.165, 1.54) is 38.5 Å². The molecule has 7 aromatic carbocycles. The highest BCUT2D eigenvalue weighted by molar-refractivity contribution is 6.09. The molecule has 4 heteroatoms. The Kier molecular flexibility index (Phi) is 7.10. The van der Waals surface area contributed by atoms with Crippen LogP contribution in [0, 0.1) is 0 Å². The molecule has 244 valence electrons. The maximum atomic E-state index is 5.14. The van der Waals surface area contributed by atoms with Crippen molar-refractivity contribution >= 4 is 33.0 Å². The zero-order valence-electron chi connectivity index (χ0n) is 28.3. The van der Waals surface area contributed by atoms with Gasteiger partial charge in [0.15, 0.2) is 5.65 Å². The number of imidazole rings is 1. The molecule has 52 heavy (non-hydrogen) atoms. The maximum Gasteiger partial charge on any atom is 0.164 e. The predicted octanol–water partition coefficient (Wildman–Crippen LogP) is 12.2. The van der Waals surface area contributed by atoms with E-state index < -0.39 is 0 Å². The van der Waals surface area contributed by atoms with Crippen molar-refractivity contribution in [3.8, 4) is 56.1 Å². The lowest BCUT2D eigenvalue weighted by Gasteiger charge is -2.11. The molecular weight excluding hydrogens is 633 g/mol. The van der Waals surface area contributed by atoms with Crippen LogP contribution in [0.3, 0.4) is 0 Å². The second-order valence-electron chi connectivity index (χ2n) is 13.1. The summed E-state index contributed by atoms with van der Waals surface area (Å²) in [6.07, 6.45) is 1.94. The fourth-order valence-corrected chi connectivity index (χ4v) is 7.44. The molecular formula is C48H32N4. The molecule has 0 saturated heterocycles. The molecule has 3 aromatic heterocycles. The minimum Gasteiger partial charge on any atom is -0.309 e. The van der Waals surface area contributed by atoms with Gasteiger partial charge >= 0.3 is 0 Å². The number of fused-ring (bicyclic) bond motifs is 4. The van der Waals surface area contributed by atoms with Crippen LogP contribution in [0.1, 0.15) is 0 Å². The predicted molar refractivity (Wildman–Crippen MR) is 215 cm³/mol. The molecule has 0 aliphatic heterocycles. The Bertz CT molecular complexity index is 2800. The third-order valence-corrected chi connectivity index (χ3v) is 10.0. The highest BCUT2D eigenvalue weighted by Crippen LogP contribution is 2.34. The van der Waals surface area contributed by atoms with Crippen LogP contribution < -0.4 is 0 Å². The van der Waals surface area contributed by atoms with E-state index in [0.29, 0.717) is 0 Å². The SMILES string of the molecule is c1ccc(-c2cnc3c(c2)nc(-c2ccc(-c4ccc(-c5ccc(-n6c7ccccc7c7ccccc76)cc5)cc4)cc2)n3-c2ccccc2)cc1. The van der Waals surface area contributed by atoms with E-state index in [0.717, 1.165) is 50.6 Å². The molecule has 0 aliphatic rings. The van der Waals surface area contributed by atoms with Crippen molar-refractivity contribution in [3.05, 3.63) is 194 Å². The van der Waals surface area contributed by atoms with Crippen LogP contribution >= 0.6 is 0 Å². The van der Waals surface area contributed by atoms with Crippen LogP contribution in [0.5, 0.6) is 0 Å². The summed E-state index contributed by atoms with van der Waals surface area (Å²) >= 11 is 0. The van der Waals surface area contributed by atoms with Gasteiger partial charge in [0.2, 0.25) is 0 Å². The van der Waals surface area contributed by atoms with E-state index in [4.69, 9.17) is 9.97 Å². The third kappa shape index (κ3) is 5.09. The number of para-hydroxylation sites is 3. The largest absolute Gasteiger partial charge is 0.309 e. The summed E-state index contributed by atoms with van der Waals surface area (Å²) in [6, 6.07) is 66.5. The first-order valence-electron chi connectivity index (χ1n) is 17.6. The summed E-state index contributed by atoms with van der Waals surface area (Å²) in [4.78, 5) is 10.1.